The van der Waals surface area contributed by atoms with E-state index < -0.39 is 11.7 Å². The predicted octanol–water partition coefficient (Wildman–Crippen LogP) is 4.02. The molecule has 0 aliphatic carbocycles. The van der Waals surface area contributed by atoms with Gasteiger partial charge in [-0.05, 0) is 49.3 Å². The van der Waals surface area contributed by atoms with Crippen molar-refractivity contribution < 1.29 is 18.0 Å². The van der Waals surface area contributed by atoms with E-state index in [-0.39, 0.29) is 30.3 Å². The topological polar surface area (TPSA) is 41.1 Å². The third-order valence-electron chi connectivity index (χ3n) is 5.14. The van der Waals surface area contributed by atoms with Gasteiger partial charge in [0.2, 0.25) is 5.91 Å². The second-order valence-electron chi connectivity index (χ2n) is 7.10. The van der Waals surface area contributed by atoms with E-state index in [9.17, 15) is 18.0 Å². The van der Waals surface area contributed by atoms with E-state index in [1.54, 1.807) is 0 Å². The molecule has 2 heterocycles. The Kier molecular flexibility index (Phi) is 6.38. The Balaban J connectivity index is 0.00000225. The molecule has 140 valence electrons. The van der Waals surface area contributed by atoms with E-state index in [0.717, 1.165) is 30.5 Å². The lowest BCUT2D eigenvalue weighted by Gasteiger charge is -2.30. The van der Waals surface area contributed by atoms with E-state index >= 15 is 0 Å². The highest BCUT2D eigenvalue weighted by Gasteiger charge is 2.34. The van der Waals surface area contributed by atoms with E-state index in [1.165, 1.54) is 25.0 Å². The summed E-state index contributed by atoms with van der Waals surface area (Å²) in [5, 5.41) is 6.63. The van der Waals surface area contributed by atoms with Crippen LogP contribution in [0.15, 0.2) is 24.3 Å². The minimum atomic E-state index is -4.33. The van der Waals surface area contributed by atoms with E-state index in [2.05, 4.69) is 10.6 Å². The summed E-state index contributed by atoms with van der Waals surface area (Å²) >= 11 is 0. The summed E-state index contributed by atoms with van der Waals surface area (Å²) in [6.07, 6.45) is 0.268. The molecule has 2 aliphatic rings. The number of halogens is 4. The van der Waals surface area contributed by atoms with Crippen LogP contribution in [0.3, 0.4) is 0 Å². The summed E-state index contributed by atoms with van der Waals surface area (Å²) in [7, 11) is 0. The standard InChI is InChI=1S/C18H23F3N2O.ClH/c1-11(12-2-4-13(5-3-12)18(19,20)21)8-17(24)23-16-9-14-6-7-15(10-16)22-14;/h2-5,11,14-16,22H,6-10H2,1H3,(H,23,24);1H. The Morgan fingerprint density at radius 1 is 1.20 bits per heavy atom. The molecular formula is C18H24ClF3N2O. The first-order valence-corrected chi connectivity index (χ1v) is 8.54. The lowest BCUT2D eigenvalue weighted by molar-refractivity contribution is -0.137. The average molecular weight is 377 g/mol. The van der Waals surface area contributed by atoms with Gasteiger partial charge in [0.05, 0.1) is 5.56 Å². The van der Waals surface area contributed by atoms with Gasteiger partial charge in [0.1, 0.15) is 0 Å². The number of carbonyl (C=O) groups excluding carboxylic acids is 1. The van der Waals surface area contributed by atoms with Crippen LogP contribution in [0.2, 0.25) is 0 Å². The second kappa shape index (κ2) is 7.96. The molecule has 25 heavy (non-hydrogen) atoms. The minimum absolute atomic E-state index is 0. The molecule has 0 aromatic heterocycles. The van der Waals surface area contributed by atoms with E-state index in [1.807, 2.05) is 6.92 Å². The molecule has 0 saturated carbocycles. The predicted molar refractivity (Wildman–Crippen MR) is 92.8 cm³/mol. The van der Waals surface area contributed by atoms with Crippen molar-refractivity contribution in [1.29, 1.82) is 0 Å². The average Bonchev–Trinajstić information content (AvgIpc) is 2.85. The zero-order valence-electron chi connectivity index (χ0n) is 14.1. The molecule has 0 spiro atoms. The van der Waals surface area contributed by atoms with Gasteiger partial charge in [-0.3, -0.25) is 4.79 Å². The maximum Gasteiger partial charge on any atom is 0.416 e. The molecule has 2 bridgehead atoms. The smallest absolute Gasteiger partial charge is 0.353 e. The Morgan fingerprint density at radius 3 is 2.28 bits per heavy atom. The number of rotatable bonds is 4. The summed E-state index contributed by atoms with van der Waals surface area (Å²) < 4.78 is 37.8. The molecule has 3 atom stereocenters. The molecule has 3 unspecified atom stereocenters. The van der Waals surface area contributed by atoms with Crippen LogP contribution in [-0.4, -0.2) is 24.0 Å². The van der Waals surface area contributed by atoms with Gasteiger partial charge in [0.15, 0.2) is 0 Å². The highest BCUT2D eigenvalue weighted by atomic mass is 35.5. The highest BCUT2D eigenvalue weighted by molar-refractivity contribution is 5.85. The number of carbonyl (C=O) groups is 1. The Hall–Kier alpha value is -1.27. The molecule has 2 fully saturated rings. The Morgan fingerprint density at radius 2 is 1.76 bits per heavy atom. The molecule has 7 heteroatoms. The van der Waals surface area contributed by atoms with Gasteiger partial charge in [-0.15, -0.1) is 12.4 Å². The number of amides is 1. The molecule has 1 aromatic rings. The third-order valence-corrected chi connectivity index (χ3v) is 5.14. The van der Waals surface area contributed by atoms with Crippen molar-refractivity contribution in [1.82, 2.24) is 10.6 Å². The molecule has 2 aliphatic heterocycles. The lowest BCUT2D eigenvalue weighted by atomic mass is 9.95. The molecule has 3 rings (SSSR count). The largest absolute Gasteiger partial charge is 0.416 e. The first-order chi connectivity index (χ1) is 11.3. The number of piperidine rings is 1. The fourth-order valence-electron chi connectivity index (χ4n) is 3.86. The van der Waals surface area contributed by atoms with E-state index in [0.29, 0.717) is 18.5 Å². The molecule has 1 aromatic carbocycles. The molecular weight excluding hydrogens is 353 g/mol. The van der Waals surface area contributed by atoms with Crippen LogP contribution in [0.4, 0.5) is 13.2 Å². The second-order valence-corrected chi connectivity index (χ2v) is 7.10. The fraction of sp³-hybridized carbons (Fsp3) is 0.611. The van der Waals surface area contributed by atoms with Gasteiger partial charge >= 0.3 is 6.18 Å². The third kappa shape index (κ3) is 5.11. The van der Waals surface area contributed by atoms with Crippen LogP contribution in [-0.2, 0) is 11.0 Å². The lowest BCUT2D eigenvalue weighted by Crippen LogP contribution is -2.48. The van der Waals surface area contributed by atoms with E-state index in [4.69, 9.17) is 0 Å². The molecule has 2 saturated heterocycles. The Labute approximate surface area is 152 Å². The van der Waals surface area contributed by atoms with Crippen LogP contribution in [0, 0.1) is 0 Å². The van der Waals surface area contributed by atoms with Crippen LogP contribution in [0.1, 0.15) is 56.1 Å². The number of hydrogen-bond acceptors (Lipinski definition) is 2. The summed E-state index contributed by atoms with van der Waals surface area (Å²) in [5.41, 5.74) is 0.0941. The fourth-order valence-corrected chi connectivity index (χ4v) is 3.86. The zero-order valence-corrected chi connectivity index (χ0v) is 14.9. The minimum Gasteiger partial charge on any atom is -0.353 e. The SMILES string of the molecule is CC(CC(=O)NC1CC2CCC(C1)N2)c1ccc(C(F)(F)F)cc1.Cl. The number of fused-ring (bicyclic) bond motifs is 2. The summed E-state index contributed by atoms with van der Waals surface area (Å²) in [6.45, 7) is 1.87. The van der Waals surface area contributed by atoms with Gasteiger partial charge in [-0.1, -0.05) is 19.1 Å². The zero-order chi connectivity index (χ0) is 17.3. The molecule has 3 nitrogen and oxygen atoms in total. The summed E-state index contributed by atoms with van der Waals surface area (Å²) in [5.74, 6) is -0.126. The monoisotopic (exact) mass is 376 g/mol. The van der Waals surface area contributed by atoms with Gasteiger partial charge in [-0.25, -0.2) is 0 Å². The normalized spacial score (nSPS) is 26.6. The summed E-state index contributed by atoms with van der Waals surface area (Å²) in [6, 6.07) is 6.33. The highest BCUT2D eigenvalue weighted by Crippen LogP contribution is 2.31. The summed E-state index contributed by atoms with van der Waals surface area (Å²) in [4.78, 5) is 12.2. The van der Waals surface area contributed by atoms with Crippen LogP contribution in [0.5, 0.6) is 0 Å². The van der Waals surface area contributed by atoms with Crippen molar-refractivity contribution in [3.63, 3.8) is 0 Å². The van der Waals surface area contributed by atoms with Gasteiger partial charge in [-0.2, -0.15) is 13.2 Å². The molecule has 0 radical (unpaired) electrons. The Bertz CT molecular complexity index is 579. The van der Waals surface area contributed by atoms with Crippen molar-refractivity contribution in [3.05, 3.63) is 35.4 Å². The van der Waals surface area contributed by atoms with Crippen LogP contribution >= 0.6 is 12.4 Å². The van der Waals surface area contributed by atoms with Crippen LogP contribution < -0.4 is 10.6 Å². The first-order valence-electron chi connectivity index (χ1n) is 8.54. The van der Waals surface area contributed by atoms with Crippen molar-refractivity contribution in [3.8, 4) is 0 Å². The number of alkyl halides is 3. The van der Waals surface area contributed by atoms with Gasteiger partial charge in [0, 0.05) is 24.5 Å². The maximum atomic E-state index is 12.6. The van der Waals surface area contributed by atoms with Crippen LogP contribution in [0.25, 0.3) is 0 Å². The number of hydrogen-bond donors (Lipinski definition) is 2. The van der Waals surface area contributed by atoms with Gasteiger partial charge < -0.3 is 10.6 Å². The first kappa shape index (κ1) is 20.0. The van der Waals surface area contributed by atoms with Crippen molar-refractivity contribution in [2.45, 2.75) is 69.2 Å². The quantitative estimate of drug-likeness (QED) is 0.833. The van der Waals surface area contributed by atoms with Crippen molar-refractivity contribution in [2.75, 3.05) is 0 Å². The maximum absolute atomic E-state index is 12.6. The van der Waals surface area contributed by atoms with Gasteiger partial charge in [0.25, 0.3) is 0 Å². The van der Waals surface area contributed by atoms with Crippen molar-refractivity contribution >= 4 is 18.3 Å². The number of nitrogens with one attached hydrogen (secondary N) is 2. The number of benzene rings is 1. The molecule has 2 N–H and O–H groups in total. The molecule has 1 amide bonds. The van der Waals surface area contributed by atoms with Crippen molar-refractivity contribution in [2.24, 2.45) is 0 Å².